The minimum absolute atomic E-state index is 0.0526. The molecule has 2 aliphatic rings. The predicted molar refractivity (Wildman–Crippen MR) is 89.8 cm³/mol. The van der Waals surface area contributed by atoms with Gasteiger partial charge in [-0.25, -0.2) is 0 Å². The molecule has 2 amide bonds. The van der Waals surface area contributed by atoms with E-state index >= 15 is 0 Å². The fourth-order valence-corrected chi connectivity index (χ4v) is 2.93. The zero-order chi connectivity index (χ0) is 17.6. The Bertz CT molecular complexity index is 673. The number of rotatable bonds is 5. The Morgan fingerprint density at radius 2 is 1.92 bits per heavy atom. The first-order valence-corrected chi connectivity index (χ1v) is 8.63. The second-order valence-electron chi connectivity index (χ2n) is 6.19. The van der Waals surface area contributed by atoms with E-state index in [0.717, 1.165) is 12.8 Å². The second-order valence-corrected chi connectivity index (χ2v) is 6.19. The quantitative estimate of drug-likeness (QED) is 0.782. The van der Waals surface area contributed by atoms with Crippen LogP contribution in [0.25, 0.3) is 0 Å². The summed E-state index contributed by atoms with van der Waals surface area (Å²) in [6, 6.07) is 4.52. The number of carbonyl (C=O) groups excluding carboxylic acids is 3. The van der Waals surface area contributed by atoms with Crippen LogP contribution in [0.5, 0.6) is 11.5 Å². The van der Waals surface area contributed by atoms with Crippen LogP contribution < -0.4 is 20.1 Å². The number of ether oxygens (including phenoxy) is 2. The molecule has 0 aromatic heterocycles. The number of hydrogen-bond acceptors (Lipinski definition) is 5. The highest BCUT2D eigenvalue weighted by Gasteiger charge is 2.22. The van der Waals surface area contributed by atoms with E-state index in [4.69, 9.17) is 9.47 Å². The lowest BCUT2D eigenvalue weighted by atomic mass is 10.0. The molecule has 7 nitrogen and oxygen atoms in total. The molecule has 25 heavy (non-hydrogen) atoms. The minimum Gasteiger partial charge on any atom is -0.486 e. The van der Waals surface area contributed by atoms with Crippen LogP contribution in [-0.4, -0.2) is 43.4 Å². The number of nitrogens with one attached hydrogen (secondary N) is 2. The molecule has 1 aromatic carbocycles. The Kier molecular flexibility index (Phi) is 5.53. The maximum Gasteiger partial charge on any atom is 0.242 e. The highest BCUT2D eigenvalue weighted by Crippen LogP contribution is 2.31. The summed E-state index contributed by atoms with van der Waals surface area (Å²) in [7, 11) is 0. The van der Waals surface area contributed by atoms with Crippen LogP contribution in [0.1, 0.15) is 42.5 Å². The van der Waals surface area contributed by atoms with Crippen LogP contribution >= 0.6 is 0 Å². The Labute approximate surface area is 146 Å². The van der Waals surface area contributed by atoms with Crippen molar-refractivity contribution in [2.45, 2.75) is 38.1 Å². The van der Waals surface area contributed by atoms with Gasteiger partial charge in [0, 0.05) is 24.9 Å². The molecule has 7 heteroatoms. The molecular formula is C18H22N2O5. The Morgan fingerprint density at radius 1 is 1.12 bits per heavy atom. The summed E-state index contributed by atoms with van der Waals surface area (Å²) in [6.07, 6.45) is 2.57. The number of carbonyl (C=O) groups is 3. The van der Waals surface area contributed by atoms with E-state index in [9.17, 15) is 14.4 Å². The van der Waals surface area contributed by atoms with Crippen LogP contribution in [0.2, 0.25) is 0 Å². The summed E-state index contributed by atoms with van der Waals surface area (Å²) in [5.74, 6) is 0.603. The molecule has 0 spiro atoms. The topological polar surface area (TPSA) is 93.7 Å². The zero-order valence-corrected chi connectivity index (χ0v) is 14.0. The highest BCUT2D eigenvalue weighted by molar-refractivity contribution is 5.99. The van der Waals surface area contributed by atoms with Gasteiger partial charge in [0.15, 0.2) is 17.3 Å². The van der Waals surface area contributed by atoms with Gasteiger partial charge in [-0.1, -0.05) is 0 Å². The molecule has 1 atom stereocenters. The number of ketones is 1. The smallest absolute Gasteiger partial charge is 0.242 e. The van der Waals surface area contributed by atoms with E-state index in [0.29, 0.717) is 43.2 Å². The number of fused-ring (bicyclic) bond motifs is 1. The van der Waals surface area contributed by atoms with Gasteiger partial charge in [-0.05, 0) is 37.5 Å². The van der Waals surface area contributed by atoms with Crippen molar-refractivity contribution in [3.8, 4) is 11.5 Å². The minimum atomic E-state index is -0.501. The lowest BCUT2D eigenvalue weighted by Crippen LogP contribution is -2.45. The van der Waals surface area contributed by atoms with Gasteiger partial charge in [0.05, 0.1) is 0 Å². The van der Waals surface area contributed by atoms with Gasteiger partial charge in [-0.3, -0.25) is 14.4 Å². The number of hydrogen-bond donors (Lipinski definition) is 2. The van der Waals surface area contributed by atoms with Gasteiger partial charge in [0.25, 0.3) is 0 Å². The monoisotopic (exact) mass is 346 g/mol. The van der Waals surface area contributed by atoms with Crippen molar-refractivity contribution in [1.29, 1.82) is 0 Å². The van der Waals surface area contributed by atoms with Gasteiger partial charge in [0.2, 0.25) is 11.8 Å². The van der Waals surface area contributed by atoms with E-state index in [1.54, 1.807) is 18.2 Å². The number of Topliss-reactive ketones (excluding diaryl/α,β-unsaturated/α-hetero) is 1. The molecule has 0 aliphatic carbocycles. The lowest BCUT2D eigenvalue weighted by molar-refractivity contribution is -0.128. The van der Waals surface area contributed by atoms with E-state index in [1.807, 2.05) is 0 Å². The maximum absolute atomic E-state index is 12.3. The molecule has 0 bridgehead atoms. The van der Waals surface area contributed by atoms with Crippen molar-refractivity contribution in [2.24, 2.45) is 0 Å². The van der Waals surface area contributed by atoms with Crippen LogP contribution in [0, 0.1) is 0 Å². The third-order valence-corrected chi connectivity index (χ3v) is 4.31. The molecule has 2 heterocycles. The summed E-state index contributed by atoms with van der Waals surface area (Å²) in [6.45, 7) is 1.60. The summed E-state index contributed by atoms with van der Waals surface area (Å²) < 4.78 is 10.9. The van der Waals surface area contributed by atoms with Crippen LogP contribution in [0.15, 0.2) is 18.2 Å². The largest absolute Gasteiger partial charge is 0.486 e. The molecule has 0 saturated carbocycles. The summed E-state index contributed by atoms with van der Waals surface area (Å²) >= 11 is 0. The fourth-order valence-electron chi connectivity index (χ4n) is 2.93. The van der Waals surface area contributed by atoms with Crippen LogP contribution in [0.4, 0.5) is 0 Å². The molecule has 0 unspecified atom stereocenters. The first kappa shape index (κ1) is 17.3. The van der Waals surface area contributed by atoms with E-state index in [2.05, 4.69) is 10.6 Å². The average Bonchev–Trinajstić information content (AvgIpc) is 2.83. The van der Waals surface area contributed by atoms with Crippen molar-refractivity contribution >= 4 is 17.6 Å². The van der Waals surface area contributed by atoms with Crippen LogP contribution in [-0.2, 0) is 9.59 Å². The average molecular weight is 346 g/mol. The Morgan fingerprint density at radius 3 is 2.76 bits per heavy atom. The standard InChI is InChI=1S/C18H22N2O5/c21-14(12-4-6-15-16(11-12)25-10-9-24-15)5-7-17(22)20-13-3-1-2-8-19-18(13)23/h4,6,11,13H,1-3,5,7-10H2,(H,19,23)(H,20,22)/t13-/m0/s1. The van der Waals surface area contributed by atoms with Crippen molar-refractivity contribution < 1.29 is 23.9 Å². The van der Waals surface area contributed by atoms with Gasteiger partial charge in [-0.2, -0.15) is 0 Å². The van der Waals surface area contributed by atoms with Gasteiger partial charge >= 0.3 is 0 Å². The van der Waals surface area contributed by atoms with E-state index < -0.39 is 6.04 Å². The number of amides is 2. The maximum atomic E-state index is 12.3. The third kappa shape index (κ3) is 4.49. The van der Waals surface area contributed by atoms with Crippen molar-refractivity contribution in [3.05, 3.63) is 23.8 Å². The fraction of sp³-hybridized carbons (Fsp3) is 0.500. The highest BCUT2D eigenvalue weighted by atomic mass is 16.6. The molecular weight excluding hydrogens is 324 g/mol. The molecule has 2 aliphatic heterocycles. The lowest BCUT2D eigenvalue weighted by Gasteiger charge is -2.18. The third-order valence-electron chi connectivity index (χ3n) is 4.31. The van der Waals surface area contributed by atoms with Crippen molar-refractivity contribution in [2.75, 3.05) is 19.8 Å². The summed E-state index contributed by atoms with van der Waals surface area (Å²) in [5.41, 5.74) is 0.490. The van der Waals surface area contributed by atoms with Gasteiger partial charge in [0.1, 0.15) is 19.3 Å². The first-order valence-electron chi connectivity index (χ1n) is 8.63. The zero-order valence-electron chi connectivity index (χ0n) is 14.0. The molecule has 0 radical (unpaired) electrons. The van der Waals surface area contributed by atoms with E-state index in [1.165, 1.54) is 0 Å². The molecule has 3 rings (SSSR count). The Balaban J connectivity index is 1.51. The molecule has 134 valence electrons. The molecule has 1 aromatic rings. The first-order chi connectivity index (χ1) is 12.1. The van der Waals surface area contributed by atoms with Crippen molar-refractivity contribution in [1.82, 2.24) is 10.6 Å². The van der Waals surface area contributed by atoms with Crippen molar-refractivity contribution in [3.63, 3.8) is 0 Å². The summed E-state index contributed by atoms with van der Waals surface area (Å²) in [5, 5.41) is 5.49. The van der Waals surface area contributed by atoms with Crippen LogP contribution in [0.3, 0.4) is 0 Å². The summed E-state index contributed by atoms with van der Waals surface area (Å²) in [4.78, 5) is 36.2. The Hall–Kier alpha value is -2.57. The number of benzene rings is 1. The molecule has 1 fully saturated rings. The molecule has 1 saturated heterocycles. The predicted octanol–water partition coefficient (Wildman–Crippen LogP) is 1.21. The van der Waals surface area contributed by atoms with Gasteiger partial charge in [-0.15, -0.1) is 0 Å². The van der Waals surface area contributed by atoms with E-state index in [-0.39, 0.29) is 30.4 Å². The molecule has 2 N–H and O–H groups in total. The van der Waals surface area contributed by atoms with Gasteiger partial charge < -0.3 is 20.1 Å². The second kappa shape index (κ2) is 8.00. The normalized spacial score (nSPS) is 19.5. The SMILES string of the molecule is O=C(CCC(=O)c1ccc2c(c1)OCCO2)N[C@H]1CCCCNC1=O.